The molecule has 2 heteroatoms. The van der Waals surface area contributed by atoms with Gasteiger partial charge in [-0.2, -0.15) is 0 Å². The predicted molar refractivity (Wildman–Crippen MR) is 48.9 cm³/mol. The molecule has 13 heavy (non-hydrogen) atoms. The minimum Gasteiger partial charge on any atom is -0.508 e. The summed E-state index contributed by atoms with van der Waals surface area (Å²) in [6.07, 6.45) is 3.44. The molecule has 0 amide bonds. The van der Waals surface area contributed by atoms with Crippen molar-refractivity contribution >= 4 is 0 Å². The summed E-state index contributed by atoms with van der Waals surface area (Å²) in [6, 6.07) is 6.75. The van der Waals surface area contributed by atoms with Crippen LogP contribution < -0.4 is 0 Å². The molecular weight excluding hydrogens is 164 g/mol. The lowest BCUT2D eigenvalue weighted by atomic mass is 9.92. The summed E-state index contributed by atoms with van der Waals surface area (Å²) in [4.78, 5) is 0. The zero-order valence-electron chi connectivity index (χ0n) is 7.49. The third-order valence-electron chi connectivity index (χ3n) is 2.78. The molecule has 0 saturated heterocycles. The largest absolute Gasteiger partial charge is 0.508 e. The zero-order valence-corrected chi connectivity index (χ0v) is 7.49. The number of phenols is 1. The van der Waals surface area contributed by atoms with E-state index in [0.717, 1.165) is 18.4 Å². The predicted octanol–water partition coefficient (Wildman–Crippen LogP) is 2.59. The number of phenolic OH excluding ortho intramolecular Hbond substituents is 1. The van der Waals surface area contributed by atoms with E-state index in [1.165, 1.54) is 0 Å². The van der Waals surface area contributed by atoms with E-state index < -0.39 is 5.60 Å². The van der Waals surface area contributed by atoms with Gasteiger partial charge in [-0.25, -0.2) is 5.11 Å². The molecule has 2 nitrogen and oxygen atoms in total. The zero-order chi connectivity index (χ0) is 9.31. The van der Waals surface area contributed by atoms with Crippen LogP contribution in [0.25, 0.3) is 0 Å². The van der Waals surface area contributed by atoms with Gasteiger partial charge in [0.2, 0.25) is 0 Å². The fraction of sp³-hybridized carbons (Fsp3) is 0.455. The maximum Gasteiger partial charge on any atom is 0.129 e. The van der Waals surface area contributed by atoms with E-state index in [2.05, 4.69) is 0 Å². The third-order valence-corrected chi connectivity index (χ3v) is 2.78. The molecule has 69 valence electrons. The highest BCUT2D eigenvalue weighted by Gasteiger charge is 2.35. The molecule has 0 aromatic heterocycles. The monoisotopic (exact) mass is 177 g/mol. The van der Waals surface area contributed by atoms with Gasteiger partial charge in [0, 0.05) is 0 Å². The maximum atomic E-state index is 12.1. The van der Waals surface area contributed by atoms with Crippen molar-refractivity contribution in [2.24, 2.45) is 0 Å². The van der Waals surface area contributed by atoms with Crippen LogP contribution in [0.2, 0.25) is 0 Å². The molecule has 1 aliphatic rings. The summed E-state index contributed by atoms with van der Waals surface area (Å²) in [5.41, 5.74) is -0.191. The van der Waals surface area contributed by atoms with Crippen molar-refractivity contribution in [3.63, 3.8) is 0 Å². The van der Waals surface area contributed by atoms with Gasteiger partial charge in [-0.1, -0.05) is 12.1 Å². The fourth-order valence-electron chi connectivity index (χ4n) is 2.02. The molecule has 0 heterocycles. The number of hydrogen-bond acceptors (Lipinski definition) is 1. The number of aromatic hydroxyl groups is 1. The molecule has 1 fully saturated rings. The van der Waals surface area contributed by atoms with Gasteiger partial charge in [0.15, 0.2) is 0 Å². The minimum atomic E-state index is -0.932. The smallest absolute Gasteiger partial charge is 0.129 e. The molecule has 1 aromatic carbocycles. The van der Waals surface area contributed by atoms with E-state index in [9.17, 15) is 10.2 Å². The Morgan fingerprint density at radius 1 is 1.23 bits per heavy atom. The van der Waals surface area contributed by atoms with Crippen molar-refractivity contribution in [3.05, 3.63) is 29.8 Å². The second-order valence-corrected chi connectivity index (χ2v) is 3.75. The first-order valence-electron chi connectivity index (χ1n) is 4.71. The van der Waals surface area contributed by atoms with Crippen molar-refractivity contribution in [1.29, 1.82) is 0 Å². The van der Waals surface area contributed by atoms with E-state index in [1.807, 2.05) is 6.07 Å². The highest BCUT2D eigenvalue weighted by molar-refractivity contribution is 5.31. The van der Waals surface area contributed by atoms with Crippen LogP contribution in [0.5, 0.6) is 5.75 Å². The number of hydrogen-bond donors (Lipinski definition) is 1. The second kappa shape index (κ2) is 3.04. The van der Waals surface area contributed by atoms with Crippen molar-refractivity contribution in [3.8, 4) is 5.75 Å². The standard InChI is InChI=1S/C11H13O2/c12-10-5-3-4-9(8-10)11(13)6-1-2-7-11/h3-5,8,12H,1-2,6-7H2. The van der Waals surface area contributed by atoms with Gasteiger partial charge >= 0.3 is 0 Å². The first-order valence-corrected chi connectivity index (χ1v) is 4.71. The van der Waals surface area contributed by atoms with Gasteiger partial charge in [-0.3, -0.25) is 0 Å². The van der Waals surface area contributed by atoms with Gasteiger partial charge in [-0.05, 0) is 43.4 Å². The van der Waals surface area contributed by atoms with Gasteiger partial charge in [0.05, 0.1) is 0 Å². The topological polar surface area (TPSA) is 40.1 Å². The minimum absolute atomic E-state index is 0.194. The van der Waals surface area contributed by atoms with E-state index in [1.54, 1.807) is 18.2 Å². The van der Waals surface area contributed by atoms with Gasteiger partial charge in [0.25, 0.3) is 0 Å². The van der Waals surface area contributed by atoms with Crippen LogP contribution in [0.15, 0.2) is 24.3 Å². The molecule has 1 aromatic rings. The van der Waals surface area contributed by atoms with Crippen molar-refractivity contribution in [2.75, 3.05) is 0 Å². The molecule has 1 saturated carbocycles. The van der Waals surface area contributed by atoms with Crippen LogP contribution in [0.1, 0.15) is 31.2 Å². The summed E-state index contributed by atoms with van der Waals surface area (Å²) < 4.78 is 0. The SMILES string of the molecule is [O]C1(c2cccc(O)c2)CCCC1. The molecule has 0 atom stereocenters. The molecule has 0 spiro atoms. The average Bonchev–Trinajstić information content (AvgIpc) is 2.54. The van der Waals surface area contributed by atoms with Crippen molar-refractivity contribution in [1.82, 2.24) is 0 Å². The molecular formula is C11H13O2. The maximum absolute atomic E-state index is 12.1. The lowest BCUT2D eigenvalue weighted by molar-refractivity contribution is -0.0290. The Balaban J connectivity index is 2.33. The van der Waals surface area contributed by atoms with Gasteiger partial charge in [-0.15, -0.1) is 0 Å². The van der Waals surface area contributed by atoms with E-state index in [4.69, 9.17) is 0 Å². The second-order valence-electron chi connectivity index (χ2n) is 3.75. The highest BCUT2D eigenvalue weighted by atomic mass is 16.3. The van der Waals surface area contributed by atoms with E-state index >= 15 is 0 Å². The Bertz CT molecular complexity index is 301. The van der Waals surface area contributed by atoms with Crippen LogP contribution >= 0.6 is 0 Å². The van der Waals surface area contributed by atoms with Crippen molar-refractivity contribution in [2.45, 2.75) is 31.3 Å². The van der Waals surface area contributed by atoms with Crippen LogP contribution in [-0.4, -0.2) is 5.11 Å². The van der Waals surface area contributed by atoms with Gasteiger partial charge in [0.1, 0.15) is 11.4 Å². The molecule has 2 rings (SSSR count). The number of benzene rings is 1. The molecule has 1 N–H and O–H groups in total. The Labute approximate surface area is 77.8 Å². The quantitative estimate of drug-likeness (QED) is 0.703. The first kappa shape index (κ1) is 8.57. The summed E-state index contributed by atoms with van der Waals surface area (Å²) in [5.74, 6) is 0.194. The highest BCUT2D eigenvalue weighted by Crippen LogP contribution is 2.39. The summed E-state index contributed by atoms with van der Waals surface area (Å²) >= 11 is 0. The Morgan fingerprint density at radius 2 is 1.92 bits per heavy atom. The Kier molecular flexibility index (Phi) is 2.00. The van der Waals surface area contributed by atoms with Gasteiger partial charge < -0.3 is 5.11 Å². The molecule has 0 aliphatic heterocycles. The number of rotatable bonds is 1. The normalized spacial score (nSPS) is 20.4. The molecule has 0 bridgehead atoms. The first-order chi connectivity index (χ1) is 6.21. The van der Waals surface area contributed by atoms with Crippen LogP contribution in [0.4, 0.5) is 0 Å². The molecule has 1 radical (unpaired) electrons. The van der Waals surface area contributed by atoms with Crippen LogP contribution in [-0.2, 0) is 10.7 Å². The summed E-state index contributed by atoms with van der Waals surface area (Å²) in [6.45, 7) is 0. The van der Waals surface area contributed by atoms with Crippen molar-refractivity contribution < 1.29 is 10.2 Å². The Morgan fingerprint density at radius 3 is 2.54 bits per heavy atom. The Hall–Kier alpha value is -1.02. The molecule has 1 aliphatic carbocycles. The van der Waals surface area contributed by atoms with E-state index in [0.29, 0.717) is 12.8 Å². The average molecular weight is 177 g/mol. The van der Waals surface area contributed by atoms with Crippen LogP contribution in [0, 0.1) is 0 Å². The summed E-state index contributed by atoms with van der Waals surface area (Å²) in [5, 5.41) is 21.4. The lowest BCUT2D eigenvalue weighted by Gasteiger charge is -2.19. The van der Waals surface area contributed by atoms with E-state index in [-0.39, 0.29) is 5.75 Å². The third kappa shape index (κ3) is 1.54. The summed E-state index contributed by atoms with van der Waals surface area (Å²) in [7, 11) is 0. The van der Waals surface area contributed by atoms with Crippen LogP contribution in [0.3, 0.4) is 0 Å². The fourth-order valence-corrected chi connectivity index (χ4v) is 2.02. The lowest BCUT2D eigenvalue weighted by Crippen LogP contribution is -2.18. The molecule has 0 unspecified atom stereocenters.